The van der Waals surface area contributed by atoms with Gasteiger partial charge in [0.2, 0.25) is 10.0 Å². The van der Waals surface area contributed by atoms with E-state index in [4.69, 9.17) is 9.88 Å². The summed E-state index contributed by atoms with van der Waals surface area (Å²) in [7, 11) is -3.75. The number of aliphatic hydroxyl groups excluding tert-OH is 1. The van der Waals surface area contributed by atoms with Gasteiger partial charge in [-0.25, -0.2) is 13.6 Å². The van der Waals surface area contributed by atoms with Crippen molar-refractivity contribution < 1.29 is 23.1 Å². The number of nitrogens with two attached hydrogens (primary N) is 1. The molecule has 0 spiro atoms. The fourth-order valence-corrected chi connectivity index (χ4v) is 5.85. The number of ether oxygens (including phenoxy) is 1. The van der Waals surface area contributed by atoms with E-state index in [-0.39, 0.29) is 22.6 Å². The number of thiophene rings is 1. The first-order valence-electron chi connectivity index (χ1n) is 10.1. The summed E-state index contributed by atoms with van der Waals surface area (Å²) in [6, 6.07) is 7.69. The van der Waals surface area contributed by atoms with Gasteiger partial charge in [-0.3, -0.25) is 4.79 Å². The molecule has 1 fully saturated rings. The fraction of sp³-hybridized carbons (Fsp3) is 0.476. The van der Waals surface area contributed by atoms with Gasteiger partial charge < -0.3 is 15.2 Å². The van der Waals surface area contributed by atoms with Crippen LogP contribution in [-0.2, 0) is 16.4 Å². The van der Waals surface area contributed by atoms with E-state index in [1.807, 2.05) is 13.0 Å². The Bertz CT molecular complexity index is 1030. The molecule has 30 heavy (non-hydrogen) atoms. The highest BCUT2D eigenvalue weighted by molar-refractivity contribution is 7.89. The highest BCUT2D eigenvalue weighted by Gasteiger charge is 2.37. The van der Waals surface area contributed by atoms with Crippen LogP contribution in [0.1, 0.15) is 39.4 Å². The number of aliphatic hydroxyl groups is 1. The van der Waals surface area contributed by atoms with Gasteiger partial charge in [-0.1, -0.05) is 0 Å². The zero-order valence-electron chi connectivity index (χ0n) is 16.7. The lowest BCUT2D eigenvalue weighted by molar-refractivity contribution is 0.0441. The second kappa shape index (κ2) is 8.39. The molecule has 0 saturated heterocycles. The number of ketones is 1. The van der Waals surface area contributed by atoms with Crippen LogP contribution < -0.4 is 15.2 Å². The number of rotatable bonds is 6. The highest BCUT2D eigenvalue weighted by Crippen LogP contribution is 2.32. The first-order valence-corrected chi connectivity index (χ1v) is 12.4. The Balaban J connectivity index is 1.32. The Morgan fingerprint density at radius 1 is 1.23 bits per heavy atom. The Morgan fingerprint density at radius 2 is 1.97 bits per heavy atom. The largest absolute Gasteiger partial charge is 0.488 e. The summed E-state index contributed by atoms with van der Waals surface area (Å²) >= 11 is 1.70. The number of carbonyl (C=O) groups is 1. The maximum Gasteiger partial charge on any atom is 0.238 e. The quantitative estimate of drug-likeness (QED) is 0.620. The van der Waals surface area contributed by atoms with Gasteiger partial charge in [0.1, 0.15) is 18.0 Å². The molecule has 2 aliphatic rings. The molecule has 7 nitrogen and oxygen atoms in total. The molecular formula is C21H26N2O5S2. The third-order valence-electron chi connectivity index (χ3n) is 5.91. The zero-order valence-corrected chi connectivity index (χ0v) is 18.3. The van der Waals surface area contributed by atoms with Crippen molar-refractivity contribution in [3.8, 4) is 5.75 Å². The third kappa shape index (κ3) is 4.45. The Kier molecular flexibility index (Phi) is 6.00. The summed E-state index contributed by atoms with van der Waals surface area (Å²) in [4.78, 5) is 15.1. The van der Waals surface area contributed by atoms with Crippen LogP contribution in [0.2, 0.25) is 0 Å². The maximum atomic E-state index is 12.7. The highest BCUT2D eigenvalue weighted by atomic mass is 32.2. The summed E-state index contributed by atoms with van der Waals surface area (Å²) in [5.41, 5.74) is 0.867. The predicted molar refractivity (Wildman–Crippen MR) is 114 cm³/mol. The van der Waals surface area contributed by atoms with E-state index >= 15 is 0 Å². The molecule has 0 radical (unpaired) electrons. The van der Waals surface area contributed by atoms with E-state index < -0.39 is 22.2 Å². The number of primary sulfonamides is 1. The number of hydrogen-bond acceptors (Lipinski definition) is 7. The van der Waals surface area contributed by atoms with Crippen LogP contribution in [0.25, 0.3) is 0 Å². The standard InChI is InChI=1S/C21H26N2O5S2/c1-12-10-16-19(29-12)9-2-13(20(16)24)11-23-17-7-8-18(21(17)25)28-14-3-5-15(6-4-14)30(22,26)27/h3-6,10,13,17-18,21,23,25H,2,7-9,11H2,1H3,(H2,22,26,27)/t13?,17-,18-,21-/m1/s1. The van der Waals surface area contributed by atoms with Gasteiger partial charge in [0.05, 0.1) is 4.90 Å². The Morgan fingerprint density at radius 3 is 2.67 bits per heavy atom. The molecule has 1 saturated carbocycles. The van der Waals surface area contributed by atoms with Crippen molar-refractivity contribution in [2.24, 2.45) is 11.1 Å². The molecule has 2 aliphatic carbocycles. The molecule has 4 rings (SSSR count). The average Bonchev–Trinajstić information content (AvgIpc) is 3.24. The minimum Gasteiger partial charge on any atom is -0.488 e. The molecule has 0 aliphatic heterocycles. The first kappa shape index (κ1) is 21.5. The zero-order chi connectivity index (χ0) is 21.5. The second-order valence-electron chi connectivity index (χ2n) is 8.05. The third-order valence-corrected chi connectivity index (χ3v) is 7.95. The lowest BCUT2D eigenvalue weighted by Gasteiger charge is -2.25. The number of nitrogens with one attached hydrogen (secondary N) is 1. The molecule has 0 bridgehead atoms. The maximum absolute atomic E-state index is 12.7. The van der Waals surface area contributed by atoms with Gasteiger partial charge >= 0.3 is 0 Å². The van der Waals surface area contributed by atoms with Crippen molar-refractivity contribution in [2.75, 3.05) is 6.54 Å². The number of carbonyl (C=O) groups excluding carboxylic acids is 1. The van der Waals surface area contributed by atoms with Crippen molar-refractivity contribution in [1.82, 2.24) is 5.32 Å². The van der Waals surface area contributed by atoms with Gasteiger partial charge in [-0.2, -0.15) is 0 Å². The molecule has 162 valence electrons. The second-order valence-corrected chi connectivity index (χ2v) is 11.0. The van der Waals surface area contributed by atoms with Gasteiger partial charge in [0.15, 0.2) is 5.78 Å². The van der Waals surface area contributed by atoms with E-state index in [0.717, 1.165) is 24.8 Å². The number of hydrogen-bond donors (Lipinski definition) is 3. The van der Waals surface area contributed by atoms with Crippen LogP contribution in [0.5, 0.6) is 5.75 Å². The van der Waals surface area contributed by atoms with Gasteiger partial charge in [0.25, 0.3) is 0 Å². The Hall–Kier alpha value is -1.78. The normalized spacial score (nSPS) is 26.6. The molecule has 1 aromatic carbocycles. The molecule has 1 aromatic heterocycles. The number of fused-ring (bicyclic) bond motifs is 1. The topological polar surface area (TPSA) is 119 Å². The molecule has 0 amide bonds. The van der Waals surface area contributed by atoms with Crippen LogP contribution in [0.3, 0.4) is 0 Å². The van der Waals surface area contributed by atoms with Crippen LogP contribution >= 0.6 is 11.3 Å². The van der Waals surface area contributed by atoms with Crippen LogP contribution in [0, 0.1) is 12.8 Å². The van der Waals surface area contributed by atoms with Crippen LogP contribution in [-0.4, -0.2) is 44.1 Å². The van der Waals surface area contributed by atoms with Crippen LogP contribution in [0.4, 0.5) is 0 Å². The van der Waals surface area contributed by atoms with Gasteiger partial charge in [-0.05, 0) is 62.9 Å². The fourth-order valence-electron chi connectivity index (χ4n) is 4.28. The van der Waals surface area contributed by atoms with Crippen molar-refractivity contribution in [3.63, 3.8) is 0 Å². The van der Waals surface area contributed by atoms with Gasteiger partial charge in [0, 0.05) is 33.8 Å². The van der Waals surface area contributed by atoms with E-state index in [1.165, 1.54) is 34.0 Å². The van der Waals surface area contributed by atoms with E-state index in [1.54, 1.807) is 11.3 Å². The minimum absolute atomic E-state index is 0.0162. The monoisotopic (exact) mass is 450 g/mol. The summed E-state index contributed by atoms with van der Waals surface area (Å²) < 4.78 is 28.5. The van der Waals surface area contributed by atoms with E-state index in [2.05, 4.69) is 5.32 Å². The summed E-state index contributed by atoms with van der Waals surface area (Å²) in [5.74, 6) is 0.614. The predicted octanol–water partition coefficient (Wildman–Crippen LogP) is 2.01. The van der Waals surface area contributed by atoms with E-state index in [0.29, 0.717) is 18.7 Å². The van der Waals surface area contributed by atoms with Crippen molar-refractivity contribution in [2.45, 2.75) is 55.8 Å². The average molecular weight is 451 g/mol. The first-order chi connectivity index (χ1) is 14.2. The number of aryl methyl sites for hydroxylation is 2. The molecular weight excluding hydrogens is 424 g/mol. The number of Topliss-reactive ketones (excluding diaryl/α,β-unsaturated/α-hetero) is 1. The van der Waals surface area contributed by atoms with Crippen molar-refractivity contribution >= 4 is 27.1 Å². The summed E-state index contributed by atoms with van der Waals surface area (Å²) in [6.45, 7) is 2.58. The molecule has 1 heterocycles. The Labute approximate surface area is 180 Å². The summed E-state index contributed by atoms with van der Waals surface area (Å²) in [6.07, 6.45) is 2.07. The number of sulfonamides is 1. The molecule has 4 N–H and O–H groups in total. The van der Waals surface area contributed by atoms with Crippen molar-refractivity contribution in [1.29, 1.82) is 0 Å². The molecule has 9 heteroatoms. The smallest absolute Gasteiger partial charge is 0.238 e. The SMILES string of the molecule is Cc1cc2c(s1)CCC(CN[C@@H]1CC[C@@H](Oc3ccc(S(N)(=O)=O)cc3)[C@@H]1O)C2=O. The van der Waals surface area contributed by atoms with Crippen molar-refractivity contribution in [3.05, 3.63) is 45.6 Å². The minimum atomic E-state index is -3.75. The molecule has 4 atom stereocenters. The summed E-state index contributed by atoms with van der Waals surface area (Å²) in [5, 5.41) is 19.1. The van der Waals surface area contributed by atoms with E-state index in [9.17, 15) is 18.3 Å². The molecule has 1 unspecified atom stereocenters. The number of benzene rings is 1. The van der Waals surface area contributed by atoms with Gasteiger partial charge in [-0.15, -0.1) is 11.3 Å². The lowest BCUT2D eigenvalue weighted by atomic mass is 9.87. The van der Waals surface area contributed by atoms with Crippen LogP contribution in [0.15, 0.2) is 35.2 Å². The molecule has 2 aromatic rings. The lowest BCUT2D eigenvalue weighted by Crippen LogP contribution is -2.44.